The van der Waals surface area contributed by atoms with E-state index in [1.165, 1.54) is 34.6 Å². The zero-order valence-corrected chi connectivity index (χ0v) is 12.6. The second kappa shape index (κ2) is 6.18. The summed E-state index contributed by atoms with van der Waals surface area (Å²) in [6.07, 6.45) is 4.20. The second-order valence-electron chi connectivity index (χ2n) is 5.70. The molecule has 2 N–H and O–H groups in total. The molecule has 0 radical (unpaired) electrons. The van der Waals surface area contributed by atoms with Gasteiger partial charge in [-0.25, -0.2) is 0 Å². The van der Waals surface area contributed by atoms with Crippen molar-refractivity contribution in [2.75, 3.05) is 0 Å². The van der Waals surface area contributed by atoms with E-state index in [0.29, 0.717) is 12.6 Å². The van der Waals surface area contributed by atoms with Crippen LogP contribution in [0.5, 0.6) is 0 Å². The number of nitrogens with two attached hydrogens (primary N) is 1. The maximum Gasteiger partial charge on any atom is 0.0731 e. The van der Waals surface area contributed by atoms with Crippen LogP contribution in [-0.4, -0.2) is 6.10 Å². The molecule has 1 aromatic heterocycles. The van der Waals surface area contributed by atoms with Gasteiger partial charge in [-0.1, -0.05) is 13.8 Å². The third kappa shape index (κ3) is 3.34. The lowest BCUT2D eigenvalue weighted by molar-refractivity contribution is -0.00749. The summed E-state index contributed by atoms with van der Waals surface area (Å²) in [6, 6.07) is 2.20. The van der Waals surface area contributed by atoms with E-state index in [4.69, 9.17) is 10.5 Å². The predicted molar refractivity (Wildman–Crippen MR) is 77.7 cm³/mol. The van der Waals surface area contributed by atoms with Gasteiger partial charge in [-0.2, -0.15) is 0 Å². The van der Waals surface area contributed by atoms with Crippen LogP contribution in [0, 0.1) is 18.8 Å². The van der Waals surface area contributed by atoms with Crippen molar-refractivity contribution >= 4 is 11.3 Å². The van der Waals surface area contributed by atoms with E-state index in [1.54, 1.807) is 11.3 Å². The molecule has 102 valence electrons. The fraction of sp³-hybridized carbons (Fsp3) is 0.733. The maximum atomic E-state index is 6.09. The van der Waals surface area contributed by atoms with E-state index in [9.17, 15) is 0 Å². The Morgan fingerprint density at radius 2 is 2.11 bits per heavy atom. The largest absolute Gasteiger partial charge is 0.373 e. The van der Waals surface area contributed by atoms with Crippen molar-refractivity contribution in [1.29, 1.82) is 0 Å². The molecule has 0 spiro atoms. The highest BCUT2D eigenvalue weighted by molar-refractivity contribution is 7.12. The normalized spacial score (nSPS) is 28.6. The third-order valence-electron chi connectivity index (χ3n) is 4.30. The minimum Gasteiger partial charge on any atom is -0.373 e. The summed E-state index contributed by atoms with van der Waals surface area (Å²) < 4.78 is 6.09. The first-order chi connectivity index (χ1) is 8.60. The first-order valence-corrected chi connectivity index (χ1v) is 7.81. The molecule has 0 aromatic carbocycles. The molecule has 2 nitrogen and oxygen atoms in total. The van der Waals surface area contributed by atoms with Crippen LogP contribution in [0.1, 0.15) is 48.4 Å². The number of hydrogen-bond acceptors (Lipinski definition) is 3. The van der Waals surface area contributed by atoms with Gasteiger partial charge in [0, 0.05) is 16.3 Å². The fourth-order valence-electron chi connectivity index (χ4n) is 2.69. The van der Waals surface area contributed by atoms with Crippen LogP contribution in [0.25, 0.3) is 0 Å². The summed E-state index contributed by atoms with van der Waals surface area (Å²) >= 11 is 1.80. The van der Waals surface area contributed by atoms with E-state index >= 15 is 0 Å². The van der Waals surface area contributed by atoms with Gasteiger partial charge in [0.2, 0.25) is 0 Å². The first-order valence-electron chi connectivity index (χ1n) is 7.00. The van der Waals surface area contributed by atoms with Crippen LogP contribution >= 0.6 is 11.3 Å². The molecule has 18 heavy (non-hydrogen) atoms. The molecule has 0 saturated heterocycles. The van der Waals surface area contributed by atoms with Crippen molar-refractivity contribution < 1.29 is 4.74 Å². The molecular weight excluding hydrogens is 242 g/mol. The van der Waals surface area contributed by atoms with Crippen molar-refractivity contribution in [2.24, 2.45) is 17.6 Å². The lowest BCUT2D eigenvalue weighted by atomic mass is 9.80. The summed E-state index contributed by atoms with van der Waals surface area (Å²) in [7, 11) is 0. The molecule has 1 aliphatic rings. The molecule has 3 heteroatoms. The van der Waals surface area contributed by atoms with E-state index < -0.39 is 0 Å². The van der Waals surface area contributed by atoms with E-state index in [0.717, 1.165) is 18.4 Å². The quantitative estimate of drug-likeness (QED) is 0.899. The highest BCUT2D eigenvalue weighted by Crippen LogP contribution is 2.32. The maximum absolute atomic E-state index is 6.09. The summed E-state index contributed by atoms with van der Waals surface area (Å²) in [5.74, 6) is 1.66. The minimum atomic E-state index is 0.455. The number of ether oxygens (including phenoxy) is 1. The van der Waals surface area contributed by atoms with Gasteiger partial charge in [-0.3, -0.25) is 0 Å². The standard InChI is InChI=1S/C15H25NOS/c1-10-4-5-14(6-11(10)2)17-9-13-7-15(8-16)18-12(13)3/h7,10-11,14H,4-6,8-9,16H2,1-3H3. The summed E-state index contributed by atoms with van der Waals surface area (Å²) in [4.78, 5) is 2.62. The molecular formula is C15H25NOS. The molecule has 3 unspecified atom stereocenters. The number of aryl methyl sites for hydroxylation is 1. The van der Waals surface area contributed by atoms with Crippen LogP contribution in [0.2, 0.25) is 0 Å². The summed E-state index contributed by atoms with van der Waals surface area (Å²) in [6.45, 7) is 8.27. The summed E-state index contributed by atoms with van der Waals surface area (Å²) in [5.41, 5.74) is 7.00. The molecule has 3 atom stereocenters. The average molecular weight is 267 g/mol. The van der Waals surface area contributed by atoms with Crippen molar-refractivity contribution in [3.63, 3.8) is 0 Å². The van der Waals surface area contributed by atoms with E-state index in [1.807, 2.05) is 0 Å². The Bertz CT molecular complexity index is 388. The lowest BCUT2D eigenvalue weighted by Gasteiger charge is -2.31. The minimum absolute atomic E-state index is 0.455. The average Bonchev–Trinajstić information content (AvgIpc) is 2.72. The molecule has 1 aromatic rings. The van der Waals surface area contributed by atoms with Crippen molar-refractivity contribution in [3.05, 3.63) is 21.4 Å². The van der Waals surface area contributed by atoms with Crippen LogP contribution in [-0.2, 0) is 17.9 Å². The molecule has 1 fully saturated rings. The molecule has 1 saturated carbocycles. The SMILES string of the molecule is Cc1sc(CN)cc1COC1CCC(C)C(C)C1. The van der Waals surface area contributed by atoms with Crippen molar-refractivity contribution in [2.45, 2.75) is 59.3 Å². The van der Waals surface area contributed by atoms with Gasteiger partial charge < -0.3 is 10.5 Å². The van der Waals surface area contributed by atoms with Crippen LogP contribution in [0.15, 0.2) is 6.07 Å². The predicted octanol–water partition coefficient (Wildman–Crippen LogP) is 3.86. The Hall–Kier alpha value is -0.380. The molecule has 1 heterocycles. The van der Waals surface area contributed by atoms with Gasteiger partial charge in [-0.05, 0) is 49.7 Å². The van der Waals surface area contributed by atoms with E-state index in [2.05, 4.69) is 26.8 Å². The van der Waals surface area contributed by atoms with Crippen LogP contribution in [0.3, 0.4) is 0 Å². The Balaban J connectivity index is 1.85. The molecule has 2 rings (SSSR count). The summed E-state index contributed by atoms with van der Waals surface area (Å²) in [5, 5.41) is 0. The highest BCUT2D eigenvalue weighted by atomic mass is 32.1. The molecule has 0 amide bonds. The second-order valence-corrected chi connectivity index (χ2v) is 7.04. The molecule has 1 aliphatic carbocycles. The Morgan fingerprint density at radius 1 is 1.33 bits per heavy atom. The van der Waals surface area contributed by atoms with Gasteiger partial charge in [-0.15, -0.1) is 11.3 Å². The fourth-order valence-corrected chi connectivity index (χ4v) is 3.62. The zero-order valence-electron chi connectivity index (χ0n) is 11.7. The monoisotopic (exact) mass is 267 g/mol. The van der Waals surface area contributed by atoms with Gasteiger partial charge in [0.25, 0.3) is 0 Å². The number of thiophene rings is 1. The van der Waals surface area contributed by atoms with Crippen LogP contribution < -0.4 is 5.73 Å². The van der Waals surface area contributed by atoms with Gasteiger partial charge in [0.15, 0.2) is 0 Å². The third-order valence-corrected chi connectivity index (χ3v) is 5.41. The first kappa shape index (κ1) is 14.0. The van der Waals surface area contributed by atoms with Gasteiger partial charge in [0.05, 0.1) is 12.7 Å². The van der Waals surface area contributed by atoms with Crippen molar-refractivity contribution in [1.82, 2.24) is 0 Å². The Morgan fingerprint density at radius 3 is 2.72 bits per heavy atom. The van der Waals surface area contributed by atoms with Crippen molar-refractivity contribution in [3.8, 4) is 0 Å². The van der Waals surface area contributed by atoms with Gasteiger partial charge >= 0.3 is 0 Å². The molecule has 0 aliphatic heterocycles. The topological polar surface area (TPSA) is 35.2 Å². The van der Waals surface area contributed by atoms with Crippen LogP contribution in [0.4, 0.5) is 0 Å². The number of rotatable bonds is 4. The zero-order chi connectivity index (χ0) is 13.1. The lowest BCUT2D eigenvalue weighted by Crippen LogP contribution is -2.26. The van der Waals surface area contributed by atoms with E-state index in [-0.39, 0.29) is 0 Å². The smallest absolute Gasteiger partial charge is 0.0731 e. The van der Waals surface area contributed by atoms with Gasteiger partial charge in [0.1, 0.15) is 0 Å². The Labute approximate surface area is 115 Å². The number of hydrogen-bond donors (Lipinski definition) is 1. The highest BCUT2D eigenvalue weighted by Gasteiger charge is 2.25. The molecule has 0 bridgehead atoms. The Kier molecular flexibility index (Phi) is 4.82.